The van der Waals surface area contributed by atoms with Gasteiger partial charge in [0, 0.05) is 0 Å². The Labute approximate surface area is 148 Å². The lowest BCUT2D eigenvalue weighted by molar-refractivity contribution is -0.112. The van der Waals surface area contributed by atoms with Crippen molar-refractivity contribution in [3.63, 3.8) is 0 Å². The van der Waals surface area contributed by atoms with Gasteiger partial charge in [-0.25, -0.2) is 0 Å². The molecule has 0 aliphatic carbocycles. The summed E-state index contributed by atoms with van der Waals surface area (Å²) in [6, 6.07) is 11.1. The number of benzene rings is 2. The Morgan fingerprint density at radius 2 is 1.96 bits per heavy atom. The topological polar surface area (TPSA) is 82.3 Å². The number of hydrogen-bond acceptors (Lipinski definition) is 4. The summed E-state index contributed by atoms with van der Waals surface area (Å²) in [7, 11) is 1.42. The molecule has 0 saturated heterocycles. The van der Waals surface area contributed by atoms with Gasteiger partial charge >= 0.3 is 0 Å². The first kappa shape index (κ1) is 17.7. The molecule has 5 nitrogen and oxygen atoms in total. The number of anilines is 1. The molecular formula is C17H12Cl2N2O3. The van der Waals surface area contributed by atoms with Gasteiger partial charge in [0.05, 0.1) is 22.8 Å². The molecule has 0 fully saturated rings. The Hall–Kier alpha value is -2.68. The molecule has 0 aliphatic heterocycles. The van der Waals surface area contributed by atoms with E-state index in [9.17, 15) is 15.2 Å². The molecule has 0 atom stereocenters. The van der Waals surface area contributed by atoms with Crippen LogP contribution in [-0.2, 0) is 4.79 Å². The summed E-state index contributed by atoms with van der Waals surface area (Å²) >= 11 is 12.0. The lowest BCUT2D eigenvalue weighted by Crippen LogP contribution is -2.14. The molecule has 0 radical (unpaired) electrons. The molecule has 122 valence electrons. The predicted octanol–water partition coefficient (Wildman–Crippen LogP) is 4.25. The van der Waals surface area contributed by atoms with Crippen LogP contribution in [0.3, 0.4) is 0 Å². The van der Waals surface area contributed by atoms with E-state index in [1.54, 1.807) is 24.3 Å². The van der Waals surface area contributed by atoms with Gasteiger partial charge in [0.25, 0.3) is 5.91 Å². The predicted molar refractivity (Wildman–Crippen MR) is 93.3 cm³/mol. The number of phenols is 1. The quantitative estimate of drug-likeness (QED) is 0.628. The van der Waals surface area contributed by atoms with E-state index in [1.807, 2.05) is 6.07 Å². The maximum Gasteiger partial charge on any atom is 0.266 e. The summed E-state index contributed by atoms with van der Waals surface area (Å²) in [6.45, 7) is 0. The monoisotopic (exact) mass is 362 g/mol. The molecule has 2 aromatic carbocycles. The van der Waals surface area contributed by atoms with Crippen LogP contribution in [0.2, 0.25) is 10.0 Å². The van der Waals surface area contributed by atoms with Crippen molar-refractivity contribution in [2.24, 2.45) is 0 Å². The minimum atomic E-state index is -0.664. The Morgan fingerprint density at radius 1 is 1.29 bits per heavy atom. The van der Waals surface area contributed by atoms with E-state index in [2.05, 4.69) is 5.32 Å². The van der Waals surface area contributed by atoms with Crippen LogP contribution in [0.4, 0.5) is 5.69 Å². The van der Waals surface area contributed by atoms with Gasteiger partial charge in [0.15, 0.2) is 11.5 Å². The number of halogens is 2. The molecule has 0 spiro atoms. The minimum Gasteiger partial charge on any atom is -0.504 e. The van der Waals surface area contributed by atoms with Crippen LogP contribution in [0.25, 0.3) is 6.08 Å². The summed E-state index contributed by atoms with van der Waals surface area (Å²) in [4.78, 5) is 12.3. The van der Waals surface area contributed by atoms with Crippen molar-refractivity contribution in [2.45, 2.75) is 0 Å². The minimum absolute atomic E-state index is 0.0990. The van der Waals surface area contributed by atoms with Crippen molar-refractivity contribution in [2.75, 3.05) is 12.4 Å². The number of ether oxygens (including phenoxy) is 1. The van der Waals surface area contributed by atoms with Gasteiger partial charge in [0.2, 0.25) is 0 Å². The number of amides is 1. The summed E-state index contributed by atoms with van der Waals surface area (Å²) in [5.41, 5.74) is 0.519. The zero-order chi connectivity index (χ0) is 17.7. The average molecular weight is 363 g/mol. The van der Waals surface area contributed by atoms with Gasteiger partial charge in [0.1, 0.15) is 11.6 Å². The fraction of sp³-hybridized carbons (Fsp3) is 0.0588. The molecule has 2 N–H and O–H groups in total. The van der Waals surface area contributed by atoms with Crippen molar-refractivity contribution < 1.29 is 14.6 Å². The number of aromatic hydroxyl groups is 1. The van der Waals surface area contributed by atoms with Crippen LogP contribution in [0.1, 0.15) is 5.56 Å². The molecule has 0 bridgehead atoms. The highest BCUT2D eigenvalue weighted by molar-refractivity contribution is 6.40. The number of carbonyl (C=O) groups is 1. The summed E-state index contributed by atoms with van der Waals surface area (Å²) < 4.78 is 4.94. The van der Waals surface area contributed by atoms with Gasteiger partial charge in [-0.2, -0.15) is 5.26 Å². The molecule has 0 aromatic heterocycles. The number of methoxy groups -OCH3 is 1. The Kier molecular flexibility index (Phi) is 5.69. The molecule has 0 unspecified atom stereocenters. The van der Waals surface area contributed by atoms with Gasteiger partial charge in [-0.3, -0.25) is 4.79 Å². The largest absolute Gasteiger partial charge is 0.504 e. The molecule has 2 aromatic rings. The highest BCUT2D eigenvalue weighted by atomic mass is 35.5. The fourth-order valence-electron chi connectivity index (χ4n) is 1.91. The van der Waals surface area contributed by atoms with Crippen LogP contribution in [0, 0.1) is 11.3 Å². The van der Waals surface area contributed by atoms with E-state index in [-0.39, 0.29) is 32.8 Å². The molecule has 24 heavy (non-hydrogen) atoms. The second-order valence-corrected chi connectivity index (χ2v) is 5.47. The smallest absolute Gasteiger partial charge is 0.266 e. The molecule has 1 amide bonds. The molecule has 0 heterocycles. The first-order chi connectivity index (χ1) is 11.5. The van der Waals surface area contributed by atoms with Crippen molar-refractivity contribution >= 4 is 40.9 Å². The van der Waals surface area contributed by atoms with Gasteiger partial charge in [-0.05, 0) is 35.9 Å². The normalized spacial score (nSPS) is 10.8. The van der Waals surface area contributed by atoms with Crippen molar-refractivity contribution in [1.82, 2.24) is 0 Å². The van der Waals surface area contributed by atoms with Crippen LogP contribution in [0.15, 0.2) is 42.0 Å². The lowest BCUT2D eigenvalue weighted by Gasteiger charge is -2.08. The number of phenolic OH excluding ortho intramolecular Hbond substituents is 1. The molecule has 2 rings (SSSR count). The highest BCUT2D eigenvalue weighted by Crippen LogP contribution is 2.30. The Bertz CT molecular complexity index is 837. The number of nitrogens with one attached hydrogen (secondary N) is 1. The van der Waals surface area contributed by atoms with E-state index >= 15 is 0 Å². The Balaban J connectivity index is 2.29. The van der Waals surface area contributed by atoms with E-state index in [1.165, 1.54) is 25.3 Å². The van der Waals surface area contributed by atoms with Crippen LogP contribution in [0.5, 0.6) is 11.5 Å². The number of carbonyl (C=O) groups excluding carboxylic acids is 1. The van der Waals surface area contributed by atoms with E-state index in [4.69, 9.17) is 27.9 Å². The lowest BCUT2D eigenvalue weighted by atomic mass is 10.1. The SMILES string of the molecule is COc1ccc(/C=C(\C#N)C(=O)Nc2c(Cl)cccc2Cl)cc1O. The molecular weight excluding hydrogens is 351 g/mol. The van der Waals surface area contributed by atoms with Gasteiger partial charge in [-0.15, -0.1) is 0 Å². The third-order valence-corrected chi connectivity index (χ3v) is 3.71. The maximum absolute atomic E-state index is 12.3. The second-order valence-electron chi connectivity index (χ2n) is 4.65. The fourth-order valence-corrected chi connectivity index (χ4v) is 2.40. The van der Waals surface area contributed by atoms with E-state index < -0.39 is 5.91 Å². The van der Waals surface area contributed by atoms with Crippen molar-refractivity contribution in [1.29, 1.82) is 5.26 Å². The first-order valence-corrected chi connectivity index (χ1v) is 7.46. The standard InChI is InChI=1S/C17H12Cl2N2O3/c1-24-15-6-5-10(8-14(15)22)7-11(9-20)17(23)21-16-12(18)3-2-4-13(16)19/h2-8,22H,1H3,(H,21,23)/b11-7+. The maximum atomic E-state index is 12.3. The molecule has 0 aliphatic rings. The summed E-state index contributed by atoms with van der Waals surface area (Å²) in [6.07, 6.45) is 1.33. The zero-order valence-electron chi connectivity index (χ0n) is 12.5. The van der Waals surface area contributed by atoms with Crippen LogP contribution < -0.4 is 10.1 Å². The van der Waals surface area contributed by atoms with Crippen LogP contribution >= 0.6 is 23.2 Å². The number of nitrogens with zero attached hydrogens (tertiary/aromatic N) is 1. The van der Waals surface area contributed by atoms with E-state index in [0.29, 0.717) is 5.56 Å². The van der Waals surface area contributed by atoms with Crippen LogP contribution in [-0.4, -0.2) is 18.1 Å². The number of hydrogen-bond donors (Lipinski definition) is 2. The van der Waals surface area contributed by atoms with Crippen molar-refractivity contribution in [3.05, 3.63) is 57.6 Å². The zero-order valence-corrected chi connectivity index (χ0v) is 14.0. The number of rotatable bonds is 4. The first-order valence-electron chi connectivity index (χ1n) is 6.70. The summed E-state index contributed by atoms with van der Waals surface area (Å²) in [5.74, 6) is -0.473. The van der Waals surface area contributed by atoms with Gasteiger partial charge in [-0.1, -0.05) is 35.3 Å². The highest BCUT2D eigenvalue weighted by Gasteiger charge is 2.14. The second kappa shape index (κ2) is 7.73. The number of para-hydroxylation sites is 1. The van der Waals surface area contributed by atoms with Gasteiger partial charge < -0.3 is 15.2 Å². The van der Waals surface area contributed by atoms with E-state index in [0.717, 1.165) is 0 Å². The number of nitriles is 1. The molecule has 7 heteroatoms. The third-order valence-electron chi connectivity index (χ3n) is 3.08. The molecule has 0 saturated carbocycles. The summed E-state index contributed by atoms with van der Waals surface area (Å²) in [5, 5.41) is 22.0. The Morgan fingerprint density at radius 3 is 2.50 bits per heavy atom. The third kappa shape index (κ3) is 3.99. The average Bonchev–Trinajstić information content (AvgIpc) is 2.56. The van der Waals surface area contributed by atoms with Crippen molar-refractivity contribution in [3.8, 4) is 17.6 Å².